The first-order valence-electron chi connectivity index (χ1n) is 6.57. The van der Waals surface area contributed by atoms with Crippen molar-refractivity contribution in [3.8, 4) is 11.5 Å². The van der Waals surface area contributed by atoms with Crippen molar-refractivity contribution < 1.29 is 0 Å². The topological polar surface area (TPSA) is 56.7 Å². The molecule has 20 heavy (non-hydrogen) atoms. The van der Waals surface area contributed by atoms with Gasteiger partial charge in [0.15, 0.2) is 5.82 Å². The molecule has 0 aliphatic rings. The molecule has 1 aromatic carbocycles. The Bertz CT molecular complexity index is 764. The van der Waals surface area contributed by atoms with Gasteiger partial charge in [0.05, 0.1) is 11.0 Å². The van der Waals surface area contributed by atoms with E-state index in [2.05, 4.69) is 21.5 Å². The third-order valence-electron chi connectivity index (χ3n) is 3.16. The Morgan fingerprint density at radius 1 is 1.20 bits per heavy atom. The maximum Gasteiger partial charge on any atom is 0.159 e. The molecule has 0 bridgehead atoms. The van der Waals surface area contributed by atoms with Crippen molar-refractivity contribution in [2.24, 2.45) is 0 Å². The molecule has 2 N–H and O–H groups in total. The van der Waals surface area contributed by atoms with E-state index in [0.717, 1.165) is 35.5 Å². The third kappa shape index (κ3) is 2.23. The Morgan fingerprint density at radius 2 is 2.05 bits per heavy atom. The van der Waals surface area contributed by atoms with E-state index in [0.29, 0.717) is 10.8 Å². The monoisotopic (exact) mass is 286 g/mol. The Hall–Kier alpha value is -2.07. The van der Waals surface area contributed by atoms with E-state index < -0.39 is 0 Å². The molecule has 0 fully saturated rings. The van der Waals surface area contributed by atoms with E-state index in [9.17, 15) is 0 Å². The van der Waals surface area contributed by atoms with Crippen molar-refractivity contribution >= 4 is 28.5 Å². The maximum atomic E-state index is 6.04. The van der Waals surface area contributed by atoms with Crippen LogP contribution in [0.2, 0.25) is 5.02 Å². The Labute approximate surface area is 122 Å². The largest absolute Gasteiger partial charge is 0.384 e. The van der Waals surface area contributed by atoms with E-state index in [1.165, 1.54) is 0 Å². The molecule has 4 nitrogen and oxygen atoms in total. The van der Waals surface area contributed by atoms with Gasteiger partial charge in [-0.05, 0) is 36.8 Å². The lowest BCUT2D eigenvalue weighted by molar-refractivity contribution is 0.702. The summed E-state index contributed by atoms with van der Waals surface area (Å²) in [4.78, 5) is 9.03. The van der Waals surface area contributed by atoms with Crippen LogP contribution in [-0.2, 0) is 6.54 Å². The van der Waals surface area contributed by atoms with Crippen molar-refractivity contribution in [3.63, 3.8) is 0 Å². The number of imidazole rings is 1. The first kappa shape index (κ1) is 12.9. The smallest absolute Gasteiger partial charge is 0.159 e. The molecule has 0 aliphatic carbocycles. The van der Waals surface area contributed by atoms with Gasteiger partial charge in [-0.1, -0.05) is 24.6 Å². The quantitative estimate of drug-likeness (QED) is 0.798. The summed E-state index contributed by atoms with van der Waals surface area (Å²) in [5.41, 5.74) is 8.50. The summed E-state index contributed by atoms with van der Waals surface area (Å²) in [5, 5.41) is 0.686. The van der Waals surface area contributed by atoms with Crippen LogP contribution in [-0.4, -0.2) is 14.5 Å². The highest BCUT2D eigenvalue weighted by Crippen LogP contribution is 2.26. The number of aromatic nitrogens is 3. The van der Waals surface area contributed by atoms with Gasteiger partial charge in [-0.2, -0.15) is 0 Å². The van der Waals surface area contributed by atoms with Crippen LogP contribution in [0.4, 0.5) is 5.82 Å². The van der Waals surface area contributed by atoms with Crippen LogP contribution in [0.5, 0.6) is 0 Å². The summed E-state index contributed by atoms with van der Waals surface area (Å²) in [6.07, 6.45) is 1.02. The number of anilines is 1. The molecule has 2 heterocycles. The van der Waals surface area contributed by atoms with Gasteiger partial charge in [-0.3, -0.25) is 0 Å². The van der Waals surface area contributed by atoms with Crippen LogP contribution in [0.1, 0.15) is 13.3 Å². The van der Waals surface area contributed by atoms with Gasteiger partial charge in [0, 0.05) is 11.6 Å². The van der Waals surface area contributed by atoms with Gasteiger partial charge < -0.3 is 10.3 Å². The zero-order valence-corrected chi connectivity index (χ0v) is 11.9. The molecule has 3 aromatic rings. The molecule has 0 amide bonds. The average Bonchev–Trinajstić information content (AvgIpc) is 2.77. The molecule has 0 saturated carbocycles. The molecule has 0 saturated heterocycles. The van der Waals surface area contributed by atoms with Crippen LogP contribution in [0.15, 0.2) is 36.4 Å². The lowest BCUT2D eigenvalue weighted by Gasteiger charge is -2.07. The number of rotatable bonds is 3. The second-order valence-electron chi connectivity index (χ2n) is 4.67. The second kappa shape index (κ2) is 5.13. The summed E-state index contributed by atoms with van der Waals surface area (Å²) in [7, 11) is 0. The highest BCUT2D eigenvalue weighted by Gasteiger charge is 2.13. The Kier molecular flexibility index (Phi) is 3.32. The van der Waals surface area contributed by atoms with Gasteiger partial charge in [0.1, 0.15) is 11.5 Å². The number of hydrogen-bond donors (Lipinski definition) is 1. The Balaban J connectivity index is 2.25. The van der Waals surface area contributed by atoms with Gasteiger partial charge in [-0.25, -0.2) is 9.97 Å². The lowest BCUT2D eigenvalue weighted by Crippen LogP contribution is -2.01. The number of nitrogen functional groups attached to an aromatic ring is 1. The number of pyridine rings is 1. The number of halogens is 1. The van der Waals surface area contributed by atoms with E-state index in [1.54, 1.807) is 6.07 Å². The number of aryl methyl sites for hydroxylation is 1. The van der Waals surface area contributed by atoms with E-state index >= 15 is 0 Å². The van der Waals surface area contributed by atoms with Gasteiger partial charge in [0.2, 0.25) is 0 Å². The van der Waals surface area contributed by atoms with Crippen molar-refractivity contribution in [1.82, 2.24) is 14.5 Å². The summed E-state index contributed by atoms with van der Waals surface area (Å²) in [6.45, 7) is 3.02. The van der Waals surface area contributed by atoms with Crippen molar-refractivity contribution in [2.75, 3.05) is 5.73 Å². The first-order valence-corrected chi connectivity index (χ1v) is 6.95. The zero-order chi connectivity index (χ0) is 14.1. The molecule has 3 rings (SSSR count). The van der Waals surface area contributed by atoms with Gasteiger partial charge in [0.25, 0.3) is 0 Å². The first-order chi connectivity index (χ1) is 9.69. The van der Waals surface area contributed by atoms with Gasteiger partial charge in [-0.15, -0.1) is 0 Å². The molecule has 0 radical (unpaired) electrons. The number of nitrogens with two attached hydrogens (primary N) is 1. The number of fused-ring (bicyclic) bond motifs is 1. The zero-order valence-electron chi connectivity index (χ0n) is 11.2. The lowest BCUT2D eigenvalue weighted by atomic mass is 10.3. The van der Waals surface area contributed by atoms with Gasteiger partial charge >= 0.3 is 0 Å². The SMILES string of the molecule is CCCn1c(-c2cccc(N)n2)nc2cc(Cl)ccc21. The van der Waals surface area contributed by atoms with E-state index in [1.807, 2.05) is 30.3 Å². The van der Waals surface area contributed by atoms with E-state index in [-0.39, 0.29) is 0 Å². The summed E-state index contributed by atoms with van der Waals surface area (Å²) < 4.78 is 2.16. The highest BCUT2D eigenvalue weighted by molar-refractivity contribution is 6.31. The predicted octanol–water partition coefficient (Wildman–Crippen LogP) is 3.74. The standard InChI is InChI=1S/C15H15ClN4/c1-2-8-20-13-7-6-10(16)9-12(13)19-15(20)11-4-3-5-14(17)18-11/h3-7,9H,2,8H2,1H3,(H2,17,18). The second-order valence-corrected chi connectivity index (χ2v) is 5.10. The van der Waals surface area contributed by atoms with Crippen LogP contribution < -0.4 is 5.73 Å². The normalized spacial score (nSPS) is 11.1. The van der Waals surface area contributed by atoms with Crippen LogP contribution in [0.3, 0.4) is 0 Å². The van der Waals surface area contributed by atoms with Crippen LogP contribution >= 0.6 is 11.6 Å². The number of nitrogens with zero attached hydrogens (tertiary/aromatic N) is 3. The van der Waals surface area contributed by atoms with Crippen molar-refractivity contribution in [2.45, 2.75) is 19.9 Å². The van der Waals surface area contributed by atoms with Crippen LogP contribution in [0.25, 0.3) is 22.6 Å². The molecule has 0 unspecified atom stereocenters. The molecular weight excluding hydrogens is 272 g/mol. The predicted molar refractivity (Wildman–Crippen MR) is 82.7 cm³/mol. The Morgan fingerprint density at radius 3 is 2.80 bits per heavy atom. The fourth-order valence-corrected chi connectivity index (χ4v) is 2.49. The fraction of sp³-hybridized carbons (Fsp3) is 0.200. The molecule has 5 heteroatoms. The minimum atomic E-state index is 0.496. The minimum absolute atomic E-state index is 0.496. The summed E-state index contributed by atoms with van der Waals surface area (Å²) >= 11 is 6.04. The van der Waals surface area contributed by atoms with Crippen molar-refractivity contribution in [1.29, 1.82) is 0 Å². The molecular formula is C15H15ClN4. The molecule has 102 valence electrons. The number of hydrogen-bond acceptors (Lipinski definition) is 3. The van der Waals surface area contributed by atoms with Crippen molar-refractivity contribution in [3.05, 3.63) is 41.4 Å². The molecule has 0 aliphatic heterocycles. The highest BCUT2D eigenvalue weighted by atomic mass is 35.5. The fourth-order valence-electron chi connectivity index (χ4n) is 2.32. The molecule has 0 atom stereocenters. The molecule has 2 aromatic heterocycles. The van der Waals surface area contributed by atoms with Crippen LogP contribution in [0, 0.1) is 0 Å². The minimum Gasteiger partial charge on any atom is -0.384 e. The average molecular weight is 287 g/mol. The number of benzene rings is 1. The molecule has 0 spiro atoms. The summed E-state index contributed by atoms with van der Waals surface area (Å²) in [5.74, 6) is 1.33. The third-order valence-corrected chi connectivity index (χ3v) is 3.39. The maximum absolute atomic E-state index is 6.04. The van der Waals surface area contributed by atoms with E-state index in [4.69, 9.17) is 17.3 Å². The summed E-state index contributed by atoms with van der Waals surface area (Å²) in [6, 6.07) is 11.3.